The molecular weight excluding hydrogens is 351 g/mol. The van der Waals surface area contributed by atoms with Crippen molar-refractivity contribution in [1.82, 2.24) is 10.2 Å². The molecule has 6 heteroatoms. The van der Waals surface area contributed by atoms with Crippen LogP contribution in [0, 0.1) is 5.82 Å². The van der Waals surface area contributed by atoms with Gasteiger partial charge in [0.05, 0.1) is 5.75 Å². The van der Waals surface area contributed by atoms with E-state index < -0.39 is 0 Å². The molecule has 3 aromatic rings. The molecule has 0 spiro atoms. The summed E-state index contributed by atoms with van der Waals surface area (Å²) in [5.74, 6) is 0.0793. The first kappa shape index (κ1) is 18.3. The van der Waals surface area contributed by atoms with Gasteiger partial charge in [-0.1, -0.05) is 44.7 Å². The quantitative estimate of drug-likeness (QED) is 0.459. The predicted molar refractivity (Wildman–Crippen MR) is 99.9 cm³/mol. The van der Waals surface area contributed by atoms with Gasteiger partial charge in [-0.3, -0.25) is 4.79 Å². The molecule has 1 aromatic heterocycles. The summed E-state index contributed by atoms with van der Waals surface area (Å²) in [6.07, 6.45) is 0. The molecule has 0 fully saturated rings. The SMILES string of the molecule is CC(C)(C)c1ccc(-c2nnc(SCC(=O)c3ccc(F)cc3)o2)cc1. The van der Waals surface area contributed by atoms with Gasteiger partial charge in [0.1, 0.15) is 5.82 Å². The molecule has 0 radical (unpaired) electrons. The van der Waals surface area contributed by atoms with Gasteiger partial charge in [0.25, 0.3) is 5.22 Å². The number of rotatable bonds is 5. The molecule has 1 heterocycles. The van der Waals surface area contributed by atoms with Crippen molar-refractivity contribution >= 4 is 17.5 Å². The van der Waals surface area contributed by atoms with E-state index in [9.17, 15) is 9.18 Å². The van der Waals surface area contributed by atoms with Gasteiger partial charge in [-0.2, -0.15) is 0 Å². The van der Waals surface area contributed by atoms with Crippen molar-refractivity contribution in [2.24, 2.45) is 0 Å². The second kappa shape index (κ2) is 7.41. The molecule has 0 unspecified atom stereocenters. The zero-order chi connectivity index (χ0) is 18.7. The summed E-state index contributed by atoms with van der Waals surface area (Å²) in [5.41, 5.74) is 2.59. The normalized spacial score (nSPS) is 11.5. The predicted octanol–water partition coefficient (Wildman–Crippen LogP) is 5.15. The Labute approximate surface area is 155 Å². The first-order chi connectivity index (χ1) is 12.3. The summed E-state index contributed by atoms with van der Waals surface area (Å²) >= 11 is 1.17. The highest BCUT2D eigenvalue weighted by atomic mass is 32.2. The van der Waals surface area contributed by atoms with E-state index in [1.807, 2.05) is 24.3 Å². The fraction of sp³-hybridized carbons (Fsp3) is 0.250. The highest BCUT2D eigenvalue weighted by molar-refractivity contribution is 7.99. The largest absolute Gasteiger partial charge is 0.411 e. The van der Waals surface area contributed by atoms with Gasteiger partial charge in [0.15, 0.2) is 5.78 Å². The minimum Gasteiger partial charge on any atom is -0.411 e. The fourth-order valence-corrected chi connectivity index (χ4v) is 3.00. The van der Waals surface area contributed by atoms with Crippen LogP contribution < -0.4 is 0 Å². The third kappa shape index (κ3) is 4.38. The van der Waals surface area contributed by atoms with Crippen LogP contribution >= 0.6 is 11.8 Å². The maximum atomic E-state index is 12.9. The molecule has 0 atom stereocenters. The van der Waals surface area contributed by atoms with Gasteiger partial charge in [-0.15, -0.1) is 10.2 Å². The van der Waals surface area contributed by atoms with E-state index in [0.29, 0.717) is 16.7 Å². The lowest BCUT2D eigenvalue weighted by atomic mass is 9.87. The van der Waals surface area contributed by atoms with E-state index in [2.05, 4.69) is 31.0 Å². The van der Waals surface area contributed by atoms with Gasteiger partial charge in [-0.25, -0.2) is 4.39 Å². The topological polar surface area (TPSA) is 56.0 Å². The van der Waals surface area contributed by atoms with Crippen molar-refractivity contribution in [3.05, 3.63) is 65.5 Å². The highest BCUT2D eigenvalue weighted by Crippen LogP contribution is 2.27. The zero-order valence-corrected chi connectivity index (χ0v) is 15.6. The summed E-state index contributed by atoms with van der Waals surface area (Å²) in [6.45, 7) is 6.46. The van der Waals surface area contributed by atoms with Crippen LogP contribution in [0.1, 0.15) is 36.7 Å². The molecule has 134 valence electrons. The first-order valence-electron chi connectivity index (χ1n) is 8.19. The minimum atomic E-state index is -0.367. The third-order valence-corrected chi connectivity index (χ3v) is 4.72. The molecule has 0 N–H and O–H groups in total. The average Bonchev–Trinajstić information content (AvgIpc) is 3.09. The molecule has 0 aliphatic heterocycles. The Morgan fingerprint density at radius 1 is 1.04 bits per heavy atom. The van der Waals surface area contributed by atoms with E-state index in [0.717, 1.165) is 5.56 Å². The second-order valence-electron chi connectivity index (χ2n) is 6.92. The third-order valence-electron chi connectivity index (χ3n) is 3.90. The number of hydrogen-bond donors (Lipinski definition) is 0. The second-order valence-corrected chi connectivity index (χ2v) is 7.85. The Hall–Kier alpha value is -2.47. The van der Waals surface area contributed by atoms with E-state index in [4.69, 9.17) is 4.42 Å². The highest BCUT2D eigenvalue weighted by Gasteiger charge is 2.15. The first-order valence-corrected chi connectivity index (χ1v) is 9.17. The molecule has 4 nitrogen and oxygen atoms in total. The Morgan fingerprint density at radius 3 is 2.31 bits per heavy atom. The Balaban J connectivity index is 1.64. The van der Waals surface area contributed by atoms with Gasteiger partial charge in [-0.05, 0) is 47.4 Å². The lowest BCUT2D eigenvalue weighted by Gasteiger charge is -2.18. The summed E-state index contributed by atoms with van der Waals surface area (Å²) in [5, 5.41) is 8.35. The molecule has 0 saturated heterocycles. The molecule has 3 rings (SSSR count). The maximum Gasteiger partial charge on any atom is 0.277 e. The summed E-state index contributed by atoms with van der Waals surface area (Å²) in [4.78, 5) is 12.1. The van der Waals surface area contributed by atoms with E-state index in [1.54, 1.807) is 0 Å². The zero-order valence-electron chi connectivity index (χ0n) is 14.8. The van der Waals surface area contributed by atoms with E-state index in [1.165, 1.54) is 41.6 Å². The molecule has 0 saturated carbocycles. The number of benzene rings is 2. The van der Waals surface area contributed by atoms with Crippen molar-refractivity contribution in [3.8, 4) is 11.5 Å². The van der Waals surface area contributed by atoms with Crippen LogP contribution in [0.15, 0.2) is 58.2 Å². The number of carbonyl (C=O) groups excluding carboxylic acids is 1. The van der Waals surface area contributed by atoms with E-state index in [-0.39, 0.29) is 22.8 Å². The molecule has 0 aliphatic rings. The minimum absolute atomic E-state index is 0.0785. The summed E-state index contributed by atoms with van der Waals surface area (Å²) in [7, 11) is 0. The van der Waals surface area contributed by atoms with Crippen LogP contribution in [-0.2, 0) is 5.41 Å². The number of aromatic nitrogens is 2. The number of ketones is 1. The lowest BCUT2D eigenvalue weighted by Crippen LogP contribution is -2.10. The smallest absolute Gasteiger partial charge is 0.277 e. The van der Waals surface area contributed by atoms with Gasteiger partial charge in [0, 0.05) is 11.1 Å². The van der Waals surface area contributed by atoms with Crippen molar-refractivity contribution in [2.45, 2.75) is 31.4 Å². The van der Waals surface area contributed by atoms with Gasteiger partial charge >= 0.3 is 0 Å². The lowest BCUT2D eigenvalue weighted by molar-refractivity contribution is 0.102. The van der Waals surface area contributed by atoms with Gasteiger partial charge < -0.3 is 4.42 Å². The number of nitrogens with zero attached hydrogens (tertiary/aromatic N) is 2. The Kier molecular flexibility index (Phi) is 5.23. The van der Waals surface area contributed by atoms with Gasteiger partial charge in [0.2, 0.25) is 5.89 Å². The molecule has 26 heavy (non-hydrogen) atoms. The van der Waals surface area contributed by atoms with Crippen LogP contribution in [0.2, 0.25) is 0 Å². The number of Topliss-reactive ketones (excluding diaryl/α,β-unsaturated/α-hetero) is 1. The van der Waals surface area contributed by atoms with Crippen molar-refractivity contribution in [3.63, 3.8) is 0 Å². The van der Waals surface area contributed by atoms with Crippen molar-refractivity contribution < 1.29 is 13.6 Å². The van der Waals surface area contributed by atoms with E-state index >= 15 is 0 Å². The molecular formula is C20H19FN2O2S. The molecule has 2 aromatic carbocycles. The van der Waals surface area contributed by atoms with Crippen molar-refractivity contribution in [1.29, 1.82) is 0 Å². The van der Waals surface area contributed by atoms with Crippen LogP contribution in [0.3, 0.4) is 0 Å². The molecule has 0 bridgehead atoms. The number of carbonyl (C=O) groups is 1. The molecule has 0 amide bonds. The van der Waals surface area contributed by atoms with Crippen LogP contribution in [0.25, 0.3) is 11.5 Å². The number of hydrogen-bond acceptors (Lipinski definition) is 5. The standard InChI is InChI=1S/C20H19FN2O2S/c1-20(2,3)15-8-4-14(5-9-15)18-22-23-19(25-18)26-12-17(24)13-6-10-16(21)11-7-13/h4-11H,12H2,1-3H3. The van der Waals surface area contributed by atoms with Crippen LogP contribution in [0.4, 0.5) is 4.39 Å². The summed E-state index contributed by atoms with van der Waals surface area (Å²) in [6, 6.07) is 13.5. The number of thioether (sulfide) groups is 1. The van der Waals surface area contributed by atoms with Crippen LogP contribution in [0.5, 0.6) is 0 Å². The Morgan fingerprint density at radius 2 is 1.69 bits per heavy atom. The van der Waals surface area contributed by atoms with Crippen molar-refractivity contribution in [2.75, 3.05) is 5.75 Å². The average molecular weight is 370 g/mol. The Bertz CT molecular complexity index is 897. The maximum absolute atomic E-state index is 12.9. The number of halogens is 1. The fourth-order valence-electron chi connectivity index (χ4n) is 2.34. The monoisotopic (exact) mass is 370 g/mol. The van der Waals surface area contributed by atoms with Crippen LogP contribution in [-0.4, -0.2) is 21.7 Å². The molecule has 0 aliphatic carbocycles. The summed E-state index contributed by atoms with van der Waals surface area (Å²) < 4.78 is 18.5.